The number of hydrogen-bond acceptors (Lipinski definition) is 6. The van der Waals surface area contributed by atoms with Crippen LogP contribution in [0.3, 0.4) is 0 Å². The lowest BCUT2D eigenvalue weighted by atomic mass is 10.0. The minimum absolute atomic E-state index is 0.0459. The standard InChI is InChI=1S/C26H31F3N4O4/c1-17-4-2-3-5-21(17)32-12-13-33(22(16-32)25(30)35)24(34)14-18-6-7-20(15-23(18)37-26(27,28)29)36-19-8-10-31-11-9-19/h2-7,15,19,22,31H,8-14,16H2,1H3,(H2,30,35). The van der Waals surface area contributed by atoms with Gasteiger partial charge in [0.25, 0.3) is 0 Å². The molecule has 11 heteroatoms. The molecule has 2 aliphatic heterocycles. The van der Waals surface area contributed by atoms with E-state index in [1.54, 1.807) is 0 Å². The number of nitrogens with one attached hydrogen (secondary N) is 1. The number of amides is 2. The number of carbonyl (C=O) groups is 2. The van der Waals surface area contributed by atoms with E-state index in [0.717, 1.165) is 37.2 Å². The van der Waals surface area contributed by atoms with Gasteiger partial charge in [0.2, 0.25) is 11.8 Å². The Bertz CT molecular complexity index is 1120. The van der Waals surface area contributed by atoms with Gasteiger partial charge in [0.15, 0.2) is 0 Å². The number of para-hydroxylation sites is 1. The first-order valence-corrected chi connectivity index (χ1v) is 12.3. The first-order valence-electron chi connectivity index (χ1n) is 12.3. The molecular formula is C26H31F3N4O4. The average Bonchev–Trinajstić information content (AvgIpc) is 2.85. The zero-order valence-corrected chi connectivity index (χ0v) is 20.6. The van der Waals surface area contributed by atoms with Gasteiger partial charge in [-0.2, -0.15) is 0 Å². The van der Waals surface area contributed by atoms with E-state index < -0.39 is 30.0 Å². The normalized spacial score (nSPS) is 19.0. The first-order chi connectivity index (χ1) is 17.6. The fourth-order valence-electron chi connectivity index (χ4n) is 4.81. The number of benzene rings is 2. The van der Waals surface area contributed by atoms with Gasteiger partial charge in [-0.25, -0.2) is 0 Å². The highest BCUT2D eigenvalue weighted by Gasteiger charge is 2.36. The molecule has 2 aromatic carbocycles. The summed E-state index contributed by atoms with van der Waals surface area (Å²) in [4.78, 5) is 28.8. The number of primary amides is 1. The molecule has 2 saturated heterocycles. The SMILES string of the molecule is Cc1ccccc1N1CCN(C(=O)Cc2ccc(OC3CCNCC3)cc2OC(F)(F)F)C(C(N)=O)C1. The maximum atomic E-state index is 13.2. The maximum absolute atomic E-state index is 13.2. The zero-order chi connectivity index (χ0) is 26.6. The lowest BCUT2D eigenvalue weighted by Gasteiger charge is -2.41. The highest BCUT2D eigenvalue weighted by atomic mass is 19.4. The maximum Gasteiger partial charge on any atom is 0.573 e. The number of nitrogens with zero attached hydrogens (tertiary/aromatic N) is 2. The number of rotatable bonds is 7. The van der Waals surface area contributed by atoms with Crippen LogP contribution < -0.4 is 25.4 Å². The highest BCUT2D eigenvalue weighted by Crippen LogP contribution is 2.32. The Balaban J connectivity index is 1.51. The number of aryl methyl sites for hydroxylation is 1. The molecule has 2 fully saturated rings. The molecule has 4 rings (SSSR count). The van der Waals surface area contributed by atoms with E-state index in [0.29, 0.717) is 6.54 Å². The van der Waals surface area contributed by atoms with Crippen molar-refractivity contribution in [1.29, 1.82) is 0 Å². The first kappa shape index (κ1) is 26.6. The summed E-state index contributed by atoms with van der Waals surface area (Å²) in [6.07, 6.45) is -3.97. The Hall–Kier alpha value is -3.47. The summed E-state index contributed by atoms with van der Waals surface area (Å²) in [5, 5.41) is 3.20. The van der Waals surface area contributed by atoms with Crippen molar-refractivity contribution in [3.63, 3.8) is 0 Å². The summed E-state index contributed by atoms with van der Waals surface area (Å²) < 4.78 is 49.6. The summed E-state index contributed by atoms with van der Waals surface area (Å²) in [5.41, 5.74) is 7.64. The van der Waals surface area contributed by atoms with Gasteiger partial charge < -0.3 is 30.3 Å². The summed E-state index contributed by atoms with van der Waals surface area (Å²) in [7, 11) is 0. The fraction of sp³-hybridized carbons (Fsp3) is 0.462. The van der Waals surface area contributed by atoms with E-state index in [1.807, 2.05) is 36.1 Å². The third-order valence-electron chi connectivity index (χ3n) is 6.68. The summed E-state index contributed by atoms with van der Waals surface area (Å²) >= 11 is 0. The van der Waals surface area contributed by atoms with E-state index >= 15 is 0 Å². The van der Waals surface area contributed by atoms with Gasteiger partial charge in [-0.15, -0.1) is 13.2 Å². The molecule has 8 nitrogen and oxygen atoms in total. The van der Waals surface area contributed by atoms with Gasteiger partial charge in [0, 0.05) is 37.0 Å². The predicted octanol–water partition coefficient (Wildman–Crippen LogP) is 2.77. The molecule has 2 aromatic rings. The molecule has 3 N–H and O–H groups in total. The van der Waals surface area contributed by atoms with Crippen LogP contribution in [0, 0.1) is 6.92 Å². The lowest BCUT2D eigenvalue weighted by molar-refractivity contribution is -0.275. The molecule has 0 aromatic heterocycles. The van der Waals surface area contributed by atoms with Crippen LogP contribution in [0.15, 0.2) is 42.5 Å². The van der Waals surface area contributed by atoms with E-state index in [9.17, 15) is 22.8 Å². The van der Waals surface area contributed by atoms with Crippen LogP contribution in [0.5, 0.6) is 11.5 Å². The number of piperazine rings is 1. The fourth-order valence-corrected chi connectivity index (χ4v) is 4.81. The second kappa shape index (κ2) is 11.3. The molecule has 37 heavy (non-hydrogen) atoms. The molecule has 2 aliphatic rings. The Morgan fingerprint density at radius 2 is 1.84 bits per heavy atom. The van der Waals surface area contributed by atoms with Gasteiger partial charge >= 0.3 is 6.36 Å². The van der Waals surface area contributed by atoms with E-state index in [1.165, 1.54) is 23.1 Å². The third-order valence-corrected chi connectivity index (χ3v) is 6.68. The van der Waals surface area contributed by atoms with Crippen LogP contribution in [-0.2, 0) is 16.0 Å². The van der Waals surface area contributed by atoms with E-state index in [4.69, 9.17) is 10.5 Å². The van der Waals surface area contributed by atoms with Gasteiger partial charge in [0.05, 0.1) is 6.42 Å². The summed E-state index contributed by atoms with van der Waals surface area (Å²) in [6, 6.07) is 10.9. The van der Waals surface area contributed by atoms with Crippen molar-refractivity contribution in [3.8, 4) is 11.5 Å². The second-order valence-electron chi connectivity index (χ2n) is 9.30. The number of piperidine rings is 1. The molecule has 1 unspecified atom stereocenters. The van der Waals surface area contributed by atoms with Gasteiger partial charge in [-0.05, 0) is 50.6 Å². The molecule has 2 heterocycles. The monoisotopic (exact) mass is 520 g/mol. The highest BCUT2D eigenvalue weighted by molar-refractivity contribution is 5.89. The molecule has 0 aliphatic carbocycles. The van der Waals surface area contributed by atoms with Crippen molar-refractivity contribution in [1.82, 2.24) is 10.2 Å². The van der Waals surface area contributed by atoms with Crippen molar-refractivity contribution in [2.24, 2.45) is 5.73 Å². The summed E-state index contributed by atoms with van der Waals surface area (Å²) in [6.45, 7) is 4.33. The topological polar surface area (TPSA) is 97.1 Å². The number of hydrogen-bond donors (Lipinski definition) is 2. The zero-order valence-electron chi connectivity index (χ0n) is 20.6. The minimum atomic E-state index is -4.94. The van der Waals surface area contributed by atoms with E-state index in [-0.39, 0.29) is 36.9 Å². The number of halogens is 3. The molecular weight excluding hydrogens is 489 g/mol. The number of carbonyl (C=O) groups excluding carboxylic acids is 2. The number of anilines is 1. The van der Waals surface area contributed by atoms with Crippen LogP contribution in [0.1, 0.15) is 24.0 Å². The Labute approximate surface area is 213 Å². The van der Waals surface area contributed by atoms with Crippen molar-refractivity contribution in [3.05, 3.63) is 53.6 Å². The Kier molecular flexibility index (Phi) is 8.11. The quantitative estimate of drug-likeness (QED) is 0.583. The van der Waals surface area contributed by atoms with Crippen LogP contribution in [-0.4, -0.2) is 67.9 Å². The molecule has 1 atom stereocenters. The van der Waals surface area contributed by atoms with Crippen LogP contribution >= 0.6 is 0 Å². The number of alkyl halides is 3. The van der Waals surface area contributed by atoms with Crippen molar-refractivity contribution in [2.45, 2.75) is 44.7 Å². The Morgan fingerprint density at radius 1 is 1.11 bits per heavy atom. The van der Waals surface area contributed by atoms with Gasteiger partial charge in [-0.3, -0.25) is 9.59 Å². The molecule has 0 spiro atoms. The molecule has 200 valence electrons. The van der Waals surface area contributed by atoms with Gasteiger partial charge in [-0.1, -0.05) is 24.3 Å². The molecule has 0 bridgehead atoms. The summed E-state index contributed by atoms with van der Waals surface area (Å²) in [5.74, 6) is -1.44. The smallest absolute Gasteiger partial charge is 0.490 e. The van der Waals surface area contributed by atoms with Crippen LogP contribution in [0.4, 0.5) is 18.9 Å². The second-order valence-corrected chi connectivity index (χ2v) is 9.30. The lowest BCUT2D eigenvalue weighted by Crippen LogP contribution is -2.60. The van der Waals surface area contributed by atoms with Crippen molar-refractivity contribution >= 4 is 17.5 Å². The number of ether oxygens (including phenoxy) is 2. The number of nitrogens with two attached hydrogens (primary N) is 1. The minimum Gasteiger partial charge on any atom is -0.490 e. The molecule has 0 radical (unpaired) electrons. The van der Waals surface area contributed by atoms with Gasteiger partial charge in [0.1, 0.15) is 23.6 Å². The van der Waals surface area contributed by atoms with E-state index in [2.05, 4.69) is 10.1 Å². The molecule has 0 saturated carbocycles. The Morgan fingerprint density at radius 3 is 2.51 bits per heavy atom. The molecule has 2 amide bonds. The van der Waals surface area contributed by atoms with Crippen molar-refractivity contribution < 1.29 is 32.2 Å². The average molecular weight is 521 g/mol. The largest absolute Gasteiger partial charge is 0.573 e. The third kappa shape index (κ3) is 6.85. The van der Waals surface area contributed by atoms with Crippen LogP contribution in [0.25, 0.3) is 0 Å². The predicted molar refractivity (Wildman–Crippen MR) is 131 cm³/mol. The van der Waals surface area contributed by atoms with Crippen molar-refractivity contribution in [2.75, 3.05) is 37.6 Å². The van der Waals surface area contributed by atoms with Crippen LogP contribution in [0.2, 0.25) is 0 Å².